The number of hydrogen-bond acceptors (Lipinski definition) is 6. The molecule has 6 nitrogen and oxygen atoms in total. The molecule has 0 radical (unpaired) electrons. The average molecular weight is 378 g/mol. The first-order valence-electron chi connectivity index (χ1n) is 8.35. The van der Waals surface area contributed by atoms with E-state index in [0.29, 0.717) is 0 Å². The van der Waals surface area contributed by atoms with E-state index in [4.69, 9.17) is 9.47 Å². The zero-order valence-corrected chi connectivity index (χ0v) is 16.0. The number of ether oxygens (including phenoxy) is 2. The first kappa shape index (κ1) is 17.2. The zero-order chi connectivity index (χ0) is 18.8. The van der Waals surface area contributed by atoms with Gasteiger partial charge in [-0.15, -0.1) is 16.4 Å². The summed E-state index contributed by atoms with van der Waals surface area (Å²) < 4.78 is 12.4. The van der Waals surface area contributed by atoms with Crippen molar-refractivity contribution in [3.8, 4) is 43.8 Å². The molecule has 0 aliphatic rings. The Morgan fingerprint density at radius 2 is 1.56 bits per heavy atom. The fraction of sp³-hybridized carbons (Fsp3) is 0.150. The van der Waals surface area contributed by atoms with Crippen molar-refractivity contribution >= 4 is 11.3 Å². The maximum absolute atomic E-state index is 5.39. The average Bonchev–Trinajstić information content (AvgIpc) is 3.34. The van der Waals surface area contributed by atoms with Crippen LogP contribution in [0.5, 0.6) is 11.5 Å². The van der Waals surface area contributed by atoms with Gasteiger partial charge in [-0.3, -0.25) is 0 Å². The van der Waals surface area contributed by atoms with Crippen LogP contribution in [0.1, 0.15) is 0 Å². The van der Waals surface area contributed by atoms with Gasteiger partial charge < -0.3 is 9.47 Å². The van der Waals surface area contributed by atoms with Gasteiger partial charge in [-0.05, 0) is 51.9 Å². The van der Waals surface area contributed by atoms with Gasteiger partial charge in [-0.1, -0.05) is 24.3 Å². The molecule has 0 saturated heterocycles. The van der Waals surface area contributed by atoms with Crippen LogP contribution in [0.2, 0.25) is 0 Å². The fourth-order valence-corrected chi connectivity index (χ4v) is 4.06. The van der Waals surface area contributed by atoms with E-state index in [2.05, 4.69) is 33.7 Å². The zero-order valence-electron chi connectivity index (χ0n) is 15.2. The van der Waals surface area contributed by atoms with Gasteiger partial charge in [0.25, 0.3) is 0 Å². The highest BCUT2D eigenvalue weighted by atomic mass is 32.1. The summed E-state index contributed by atoms with van der Waals surface area (Å²) in [5, 5.41) is 12.0. The van der Waals surface area contributed by atoms with Crippen molar-refractivity contribution in [2.24, 2.45) is 7.05 Å². The molecule has 136 valence electrons. The third kappa shape index (κ3) is 3.29. The van der Waals surface area contributed by atoms with Crippen molar-refractivity contribution in [3.63, 3.8) is 0 Å². The minimum absolute atomic E-state index is 0.721. The van der Waals surface area contributed by atoms with Crippen molar-refractivity contribution in [2.45, 2.75) is 0 Å². The number of aromatic nitrogens is 4. The van der Waals surface area contributed by atoms with Crippen LogP contribution >= 0.6 is 11.3 Å². The van der Waals surface area contributed by atoms with Crippen LogP contribution in [0.25, 0.3) is 32.3 Å². The van der Waals surface area contributed by atoms with Crippen molar-refractivity contribution in [2.75, 3.05) is 14.2 Å². The van der Waals surface area contributed by atoms with Gasteiger partial charge >= 0.3 is 0 Å². The molecule has 0 aliphatic carbocycles. The maximum Gasteiger partial charge on any atom is 0.183 e. The first-order chi connectivity index (χ1) is 13.2. The Bertz CT molecular complexity index is 1090. The third-order valence-corrected chi connectivity index (χ3v) is 5.51. The largest absolute Gasteiger partial charge is 0.497 e. The van der Waals surface area contributed by atoms with E-state index in [-0.39, 0.29) is 0 Å². The number of benzene rings is 2. The summed E-state index contributed by atoms with van der Waals surface area (Å²) in [6.45, 7) is 0. The molecule has 0 amide bonds. The summed E-state index contributed by atoms with van der Waals surface area (Å²) in [6.07, 6.45) is 0. The quantitative estimate of drug-likeness (QED) is 0.518. The van der Waals surface area contributed by atoms with Crippen molar-refractivity contribution < 1.29 is 9.47 Å². The molecule has 0 unspecified atom stereocenters. The number of methoxy groups -OCH3 is 2. The predicted octanol–water partition coefficient (Wildman–Crippen LogP) is 4.29. The van der Waals surface area contributed by atoms with Crippen molar-refractivity contribution in [1.29, 1.82) is 0 Å². The highest BCUT2D eigenvalue weighted by Gasteiger charge is 2.18. The standard InChI is InChI=1S/C20H18N4O2S/c1-24-20(21-22-23-24)17-12-18(13-6-4-8-15(10-13)25-2)27-19(17)14-7-5-9-16(11-14)26-3/h4-12H,1-3H3. The Labute approximate surface area is 161 Å². The highest BCUT2D eigenvalue weighted by molar-refractivity contribution is 7.19. The summed E-state index contributed by atoms with van der Waals surface area (Å²) in [4.78, 5) is 2.20. The lowest BCUT2D eigenvalue weighted by molar-refractivity contribution is 0.415. The molecule has 0 bridgehead atoms. The lowest BCUT2D eigenvalue weighted by atomic mass is 10.1. The van der Waals surface area contributed by atoms with Crippen molar-refractivity contribution in [3.05, 3.63) is 54.6 Å². The molecular formula is C20H18N4O2S. The molecule has 0 atom stereocenters. The van der Waals surface area contributed by atoms with Crippen molar-refractivity contribution in [1.82, 2.24) is 20.2 Å². The molecule has 7 heteroatoms. The van der Waals surface area contributed by atoms with Crippen LogP contribution in [0.4, 0.5) is 0 Å². The van der Waals surface area contributed by atoms with E-state index < -0.39 is 0 Å². The molecule has 0 saturated carbocycles. The maximum atomic E-state index is 5.39. The molecule has 0 N–H and O–H groups in total. The lowest BCUT2D eigenvalue weighted by Gasteiger charge is -2.05. The topological polar surface area (TPSA) is 62.1 Å². The predicted molar refractivity (Wildman–Crippen MR) is 106 cm³/mol. The van der Waals surface area contributed by atoms with E-state index in [1.165, 1.54) is 0 Å². The van der Waals surface area contributed by atoms with Gasteiger partial charge in [0.1, 0.15) is 11.5 Å². The molecule has 4 rings (SSSR count). The van der Waals surface area contributed by atoms with Gasteiger partial charge in [-0.25, -0.2) is 4.68 Å². The van der Waals surface area contributed by atoms with E-state index in [0.717, 1.165) is 43.8 Å². The van der Waals surface area contributed by atoms with Gasteiger partial charge in [0.15, 0.2) is 5.82 Å². The Morgan fingerprint density at radius 3 is 2.19 bits per heavy atom. The molecule has 2 heterocycles. The summed E-state index contributed by atoms with van der Waals surface area (Å²) in [5.41, 5.74) is 3.13. The minimum Gasteiger partial charge on any atom is -0.497 e. The van der Waals surface area contributed by atoms with E-state index in [1.54, 1.807) is 30.2 Å². The summed E-state index contributed by atoms with van der Waals surface area (Å²) in [7, 11) is 5.18. The number of rotatable bonds is 5. The minimum atomic E-state index is 0.721. The second-order valence-corrected chi connectivity index (χ2v) is 7.00. The van der Waals surface area contributed by atoms with Gasteiger partial charge in [0, 0.05) is 22.4 Å². The van der Waals surface area contributed by atoms with Crippen LogP contribution in [-0.2, 0) is 7.05 Å². The van der Waals surface area contributed by atoms with Gasteiger partial charge in [0.05, 0.1) is 14.2 Å². The number of tetrazole rings is 1. The molecule has 2 aromatic heterocycles. The van der Waals surface area contributed by atoms with Crippen LogP contribution in [-0.4, -0.2) is 34.4 Å². The van der Waals surface area contributed by atoms with Crippen LogP contribution in [0.3, 0.4) is 0 Å². The van der Waals surface area contributed by atoms with Gasteiger partial charge in [0.2, 0.25) is 0 Å². The molecular weight excluding hydrogens is 360 g/mol. The normalized spacial score (nSPS) is 10.8. The Hall–Kier alpha value is -3.19. The highest BCUT2D eigenvalue weighted by Crippen LogP contribution is 2.43. The molecule has 0 spiro atoms. The number of thiophene rings is 1. The van der Waals surface area contributed by atoms with Crippen LogP contribution in [0.15, 0.2) is 54.6 Å². The van der Waals surface area contributed by atoms with Crippen LogP contribution < -0.4 is 9.47 Å². The first-order valence-corrected chi connectivity index (χ1v) is 9.16. The second-order valence-electron chi connectivity index (χ2n) is 5.94. The SMILES string of the molecule is COc1cccc(-c2cc(-c3nnnn3C)c(-c3cccc(OC)c3)s2)c1. The Balaban J connectivity index is 1.90. The third-order valence-electron chi connectivity index (χ3n) is 4.28. The van der Waals surface area contributed by atoms with E-state index in [1.807, 2.05) is 43.4 Å². The summed E-state index contributed by atoms with van der Waals surface area (Å²) >= 11 is 1.69. The van der Waals surface area contributed by atoms with Crippen LogP contribution in [0, 0.1) is 0 Å². The number of aryl methyl sites for hydroxylation is 1. The number of nitrogens with zero attached hydrogens (tertiary/aromatic N) is 4. The lowest BCUT2D eigenvalue weighted by Crippen LogP contribution is -1.94. The molecule has 0 aliphatic heterocycles. The monoisotopic (exact) mass is 378 g/mol. The number of hydrogen-bond donors (Lipinski definition) is 0. The molecule has 2 aromatic carbocycles. The molecule has 0 fully saturated rings. The smallest absolute Gasteiger partial charge is 0.183 e. The fourth-order valence-electron chi connectivity index (χ4n) is 2.91. The Morgan fingerprint density at radius 1 is 0.889 bits per heavy atom. The van der Waals surface area contributed by atoms with E-state index in [9.17, 15) is 0 Å². The van der Waals surface area contributed by atoms with E-state index >= 15 is 0 Å². The summed E-state index contributed by atoms with van der Waals surface area (Å²) in [5.74, 6) is 2.36. The summed E-state index contributed by atoms with van der Waals surface area (Å²) in [6, 6.07) is 18.2. The molecule has 27 heavy (non-hydrogen) atoms. The molecule has 4 aromatic rings. The van der Waals surface area contributed by atoms with Gasteiger partial charge in [-0.2, -0.15) is 0 Å². The second kappa shape index (κ2) is 7.20. The Kier molecular flexibility index (Phi) is 4.60.